The Labute approximate surface area is 144 Å². The summed E-state index contributed by atoms with van der Waals surface area (Å²) in [4.78, 5) is 23.2. The molecule has 1 aromatic heterocycles. The van der Waals surface area contributed by atoms with E-state index in [4.69, 9.17) is 4.74 Å². The fraction of sp³-hybridized carbons (Fsp3) is 0.250. The van der Waals surface area contributed by atoms with Crippen LogP contribution < -0.4 is 15.0 Å². The Morgan fingerprint density at radius 2 is 2.00 bits per heavy atom. The van der Waals surface area contributed by atoms with Crippen molar-refractivity contribution in [2.24, 2.45) is 0 Å². The van der Waals surface area contributed by atoms with Gasteiger partial charge in [0.25, 0.3) is 15.6 Å². The van der Waals surface area contributed by atoms with Crippen molar-refractivity contribution in [3.05, 3.63) is 52.4 Å². The minimum Gasteiger partial charge on any atom is -0.493 e. The molecule has 2 rings (SSSR count). The lowest BCUT2D eigenvalue weighted by Crippen LogP contribution is -2.25. The first-order chi connectivity index (χ1) is 11.8. The van der Waals surface area contributed by atoms with Gasteiger partial charge in [-0.25, -0.2) is 13.2 Å². The van der Waals surface area contributed by atoms with Gasteiger partial charge in [0.05, 0.1) is 11.5 Å². The molecule has 8 nitrogen and oxygen atoms in total. The SMILES string of the molecule is CCOc1ccc(S(=O)(=O)Nc2cccn(CC)c2=O)cc1C(=O)O. The van der Waals surface area contributed by atoms with E-state index in [1.165, 1.54) is 22.8 Å². The minimum absolute atomic E-state index is 0.0713. The number of nitrogens with one attached hydrogen (secondary N) is 1. The summed E-state index contributed by atoms with van der Waals surface area (Å²) in [6, 6.07) is 6.39. The van der Waals surface area contributed by atoms with Crippen molar-refractivity contribution in [1.29, 1.82) is 0 Å². The number of nitrogens with zero attached hydrogens (tertiary/aromatic N) is 1. The maximum atomic E-state index is 12.5. The summed E-state index contributed by atoms with van der Waals surface area (Å²) < 4.78 is 33.7. The molecule has 0 atom stereocenters. The summed E-state index contributed by atoms with van der Waals surface area (Å²) in [7, 11) is -4.13. The number of hydrogen-bond acceptors (Lipinski definition) is 5. The number of aromatic carboxylic acids is 1. The molecule has 0 saturated heterocycles. The van der Waals surface area contributed by atoms with Gasteiger partial charge in [-0.15, -0.1) is 0 Å². The maximum absolute atomic E-state index is 12.5. The topological polar surface area (TPSA) is 115 Å². The second kappa shape index (κ2) is 7.39. The fourth-order valence-electron chi connectivity index (χ4n) is 2.19. The van der Waals surface area contributed by atoms with Crippen LogP contribution in [0, 0.1) is 0 Å². The molecule has 0 aliphatic carbocycles. The van der Waals surface area contributed by atoms with Gasteiger partial charge in [0, 0.05) is 12.7 Å². The quantitative estimate of drug-likeness (QED) is 0.772. The van der Waals surface area contributed by atoms with E-state index in [0.29, 0.717) is 6.54 Å². The second-order valence-electron chi connectivity index (χ2n) is 5.01. The minimum atomic E-state index is -4.13. The van der Waals surface area contributed by atoms with E-state index in [2.05, 4.69) is 4.72 Å². The number of ether oxygens (including phenoxy) is 1. The zero-order valence-corrected chi connectivity index (χ0v) is 14.5. The first-order valence-corrected chi connectivity index (χ1v) is 9.01. The van der Waals surface area contributed by atoms with Crippen LogP contribution in [0.5, 0.6) is 5.75 Å². The predicted molar refractivity (Wildman–Crippen MR) is 91.8 cm³/mol. The number of aryl methyl sites for hydroxylation is 1. The smallest absolute Gasteiger partial charge is 0.339 e. The molecular formula is C16H18N2O6S. The molecule has 0 spiro atoms. The third-order valence-electron chi connectivity index (χ3n) is 3.40. The fourth-order valence-corrected chi connectivity index (χ4v) is 3.27. The van der Waals surface area contributed by atoms with Crippen molar-refractivity contribution >= 4 is 21.7 Å². The summed E-state index contributed by atoms with van der Waals surface area (Å²) in [6.45, 7) is 4.07. The highest BCUT2D eigenvalue weighted by molar-refractivity contribution is 7.92. The molecule has 0 unspecified atom stereocenters. The van der Waals surface area contributed by atoms with E-state index in [-0.39, 0.29) is 28.5 Å². The van der Waals surface area contributed by atoms with E-state index in [1.807, 2.05) is 0 Å². The van der Waals surface area contributed by atoms with Gasteiger partial charge in [-0.1, -0.05) is 0 Å². The van der Waals surface area contributed by atoms with Gasteiger partial charge in [-0.3, -0.25) is 9.52 Å². The highest BCUT2D eigenvalue weighted by Gasteiger charge is 2.21. The zero-order valence-electron chi connectivity index (χ0n) is 13.7. The molecule has 2 N–H and O–H groups in total. The van der Waals surface area contributed by atoms with Crippen molar-refractivity contribution in [2.75, 3.05) is 11.3 Å². The Morgan fingerprint density at radius 1 is 1.28 bits per heavy atom. The highest BCUT2D eigenvalue weighted by atomic mass is 32.2. The Morgan fingerprint density at radius 3 is 2.60 bits per heavy atom. The van der Waals surface area contributed by atoms with Crippen molar-refractivity contribution in [2.45, 2.75) is 25.3 Å². The maximum Gasteiger partial charge on any atom is 0.339 e. The Hall–Kier alpha value is -2.81. The van der Waals surface area contributed by atoms with Crippen LogP contribution in [0.25, 0.3) is 0 Å². The van der Waals surface area contributed by atoms with Gasteiger partial charge >= 0.3 is 5.97 Å². The van der Waals surface area contributed by atoms with Gasteiger partial charge in [-0.2, -0.15) is 0 Å². The average Bonchev–Trinajstić information content (AvgIpc) is 2.57. The summed E-state index contributed by atoms with van der Waals surface area (Å²) >= 11 is 0. The number of hydrogen-bond donors (Lipinski definition) is 2. The van der Waals surface area contributed by atoms with Crippen LogP contribution >= 0.6 is 0 Å². The third kappa shape index (κ3) is 4.00. The predicted octanol–water partition coefficient (Wildman–Crippen LogP) is 1.77. The van der Waals surface area contributed by atoms with E-state index < -0.39 is 21.6 Å². The van der Waals surface area contributed by atoms with Crippen molar-refractivity contribution in [1.82, 2.24) is 4.57 Å². The molecular weight excluding hydrogens is 348 g/mol. The number of sulfonamides is 1. The standard InChI is InChI=1S/C16H18N2O6S/c1-3-18-9-5-6-13(15(18)19)17-25(22,23)11-7-8-14(24-4-2)12(10-11)16(20)21/h5-10,17H,3-4H2,1-2H3,(H,20,21). The van der Waals surface area contributed by atoms with Crippen LogP contribution in [-0.2, 0) is 16.6 Å². The van der Waals surface area contributed by atoms with E-state index in [0.717, 1.165) is 6.07 Å². The average molecular weight is 366 g/mol. The van der Waals surface area contributed by atoms with Gasteiger partial charge in [-0.05, 0) is 44.2 Å². The van der Waals surface area contributed by atoms with Crippen molar-refractivity contribution < 1.29 is 23.1 Å². The molecule has 1 aromatic carbocycles. The molecule has 0 bridgehead atoms. The summed E-state index contributed by atoms with van der Waals surface area (Å²) in [5, 5.41) is 9.24. The Kier molecular flexibility index (Phi) is 5.48. The van der Waals surface area contributed by atoms with Crippen molar-refractivity contribution in [3.8, 4) is 5.75 Å². The van der Waals surface area contributed by atoms with E-state index in [9.17, 15) is 23.1 Å². The van der Waals surface area contributed by atoms with Gasteiger partial charge < -0.3 is 14.4 Å². The third-order valence-corrected chi connectivity index (χ3v) is 4.76. The Bertz CT molecular complexity index is 949. The number of anilines is 1. The zero-order chi connectivity index (χ0) is 18.6. The van der Waals surface area contributed by atoms with Crippen LogP contribution in [0.2, 0.25) is 0 Å². The molecule has 0 saturated carbocycles. The lowest BCUT2D eigenvalue weighted by Gasteiger charge is -2.12. The van der Waals surface area contributed by atoms with Crippen LogP contribution in [0.1, 0.15) is 24.2 Å². The van der Waals surface area contributed by atoms with E-state index in [1.54, 1.807) is 26.1 Å². The number of rotatable bonds is 7. The lowest BCUT2D eigenvalue weighted by molar-refractivity contribution is 0.0692. The number of carboxylic acids is 1. The molecule has 134 valence electrons. The molecule has 1 heterocycles. The number of carbonyl (C=O) groups is 1. The number of aromatic nitrogens is 1. The van der Waals surface area contributed by atoms with Crippen LogP contribution in [0.3, 0.4) is 0 Å². The van der Waals surface area contributed by atoms with Gasteiger partial charge in [0.15, 0.2) is 0 Å². The number of pyridine rings is 1. The van der Waals surface area contributed by atoms with Crippen LogP contribution in [-0.4, -0.2) is 30.7 Å². The van der Waals surface area contributed by atoms with Crippen LogP contribution in [0.15, 0.2) is 46.2 Å². The molecule has 0 amide bonds. The normalized spacial score (nSPS) is 11.1. The highest BCUT2D eigenvalue weighted by Crippen LogP contribution is 2.24. The lowest BCUT2D eigenvalue weighted by atomic mass is 10.2. The summed E-state index contributed by atoms with van der Waals surface area (Å²) in [6.07, 6.45) is 1.54. The molecule has 2 aromatic rings. The van der Waals surface area contributed by atoms with E-state index >= 15 is 0 Å². The van der Waals surface area contributed by atoms with Gasteiger partial charge in [0.2, 0.25) is 0 Å². The number of benzene rings is 1. The summed E-state index contributed by atoms with van der Waals surface area (Å²) in [5.41, 5.74) is -0.878. The molecule has 0 fully saturated rings. The first-order valence-electron chi connectivity index (χ1n) is 7.52. The Balaban J connectivity index is 2.45. The molecule has 9 heteroatoms. The number of carboxylic acid groups (broad SMARTS) is 1. The summed E-state index contributed by atoms with van der Waals surface area (Å²) in [5.74, 6) is -1.24. The molecule has 0 radical (unpaired) electrons. The van der Waals surface area contributed by atoms with Gasteiger partial charge in [0.1, 0.15) is 17.0 Å². The largest absolute Gasteiger partial charge is 0.493 e. The monoisotopic (exact) mass is 366 g/mol. The molecule has 0 aliphatic rings. The van der Waals surface area contributed by atoms with Crippen molar-refractivity contribution in [3.63, 3.8) is 0 Å². The second-order valence-corrected chi connectivity index (χ2v) is 6.70. The molecule has 0 aliphatic heterocycles. The molecule has 25 heavy (non-hydrogen) atoms. The van der Waals surface area contributed by atoms with Crippen LogP contribution in [0.4, 0.5) is 5.69 Å². The first kappa shape index (κ1) is 18.5.